The third-order valence-electron chi connectivity index (χ3n) is 3.64. The van der Waals surface area contributed by atoms with E-state index in [1.165, 1.54) is 0 Å². The van der Waals surface area contributed by atoms with Crippen molar-refractivity contribution >= 4 is 5.95 Å². The number of ether oxygens (including phenoxy) is 2. The fraction of sp³-hybridized carbons (Fsp3) is 0.714. The van der Waals surface area contributed by atoms with Crippen LogP contribution >= 0.6 is 0 Å². The van der Waals surface area contributed by atoms with Crippen molar-refractivity contribution in [2.24, 2.45) is 5.73 Å². The van der Waals surface area contributed by atoms with Crippen LogP contribution in [0, 0.1) is 6.92 Å². The zero-order valence-electron chi connectivity index (χ0n) is 12.5. The average molecular weight is 280 g/mol. The molecule has 6 heteroatoms. The first kappa shape index (κ1) is 15.0. The smallest absolute Gasteiger partial charge is 0.229 e. The average Bonchev–Trinajstić information content (AvgIpc) is 2.46. The number of hydrogen-bond acceptors (Lipinski definition) is 6. The highest BCUT2D eigenvalue weighted by molar-refractivity contribution is 5.36. The molecule has 1 aromatic heterocycles. The number of aromatic nitrogens is 2. The molecule has 0 aromatic carbocycles. The Hall–Kier alpha value is -1.40. The van der Waals surface area contributed by atoms with Crippen LogP contribution in [0.4, 0.5) is 5.95 Å². The summed E-state index contributed by atoms with van der Waals surface area (Å²) in [7, 11) is 1.75. The molecule has 2 N–H and O–H groups in total. The standard InChI is InChI=1S/C14H24N4O2/c1-4-20-13-7-10(2)16-14(17-13)18-6-5-12(19-3)8-11(18)9-15/h7,11-12H,4-6,8-9,15H2,1-3H3. The molecule has 1 aliphatic heterocycles. The van der Waals surface area contributed by atoms with Crippen molar-refractivity contribution in [1.82, 2.24) is 9.97 Å². The van der Waals surface area contributed by atoms with E-state index < -0.39 is 0 Å². The highest BCUT2D eigenvalue weighted by Gasteiger charge is 2.29. The fourth-order valence-corrected chi connectivity index (χ4v) is 2.59. The maximum Gasteiger partial charge on any atom is 0.229 e. The van der Waals surface area contributed by atoms with Gasteiger partial charge in [-0.2, -0.15) is 4.98 Å². The number of hydrogen-bond donors (Lipinski definition) is 1. The van der Waals surface area contributed by atoms with Gasteiger partial charge in [-0.25, -0.2) is 4.98 Å². The van der Waals surface area contributed by atoms with Crippen molar-refractivity contribution in [1.29, 1.82) is 0 Å². The number of rotatable bonds is 5. The third-order valence-corrected chi connectivity index (χ3v) is 3.64. The number of nitrogens with two attached hydrogens (primary N) is 1. The van der Waals surface area contributed by atoms with E-state index >= 15 is 0 Å². The fourth-order valence-electron chi connectivity index (χ4n) is 2.59. The van der Waals surface area contributed by atoms with E-state index in [1.54, 1.807) is 7.11 Å². The van der Waals surface area contributed by atoms with Crippen LogP contribution in [0.25, 0.3) is 0 Å². The summed E-state index contributed by atoms with van der Waals surface area (Å²) in [5, 5.41) is 0. The lowest BCUT2D eigenvalue weighted by Gasteiger charge is -2.38. The number of nitrogens with zero attached hydrogens (tertiary/aromatic N) is 3. The first-order valence-electron chi connectivity index (χ1n) is 7.15. The van der Waals surface area contributed by atoms with E-state index in [4.69, 9.17) is 15.2 Å². The Labute approximate surface area is 120 Å². The predicted octanol–water partition coefficient (Wildman–Crippen LogP) is 1.13. The molecule has 1 fully saturated rings. The minimum absolute atomic E-state index is 0.213. The molecule has 1 aromatic rings. The van der Waals surface area contributed by atoms with Gasteiger partial charge in [0, 0.05) is 38.0 Å². The maximum absolute atomic E-state index is 5.90. The topological polar surface area (TPSA) is 73.5 Å². The van der Waals surface area contributed by atoms with Gasteiger partial charge in [0.05, 0.1) is 12.7 Å². The van der Waals surface area contributed by atoms with Gasteiger partial charge in [0.1, 0.15) is 0 Å². The number of aryl methyl sites for hydroxylation is 1. The third kappa shape index (κ3) is 3.37. The van der Waals surface area contributed by atoms with Gasteiger partial charge in [-0.15, -0.1) is 0 Å². The molecule has 1 saturated heterocycles. The predicted molar refractivity (Wildman–Crippen MR) is 78.2 cm³/mol. The van der Waals surface area contributed by atoms with E-state index in [2.05, 4.69) is 14.9 Å². The van der Waals surface area contributed by atoms with E-state index in [0.717, 1.165) is 25.1 Å². The largest absolute Gasteiger partial charge is 0.478 e. The summed E-state index contributed by atoms with van der Waals surface area (Å²) >= 11 is 0. The van der Waals surface area contributed by atoms with E-state index in [0.29, 0.717) is 25.0 Å². The molecule has 1 aliphatic rings. The lowest BCUT2D eigenvalue weighted by atomic mass is 10.00. The quantitative estimate of drug-likeness (QED) is 0.871. The molecule has 0 radical (unpaired) electrons. The van der Waals surface area contributed by atoms with E-state index in [9.17, 15) is 0 Å². The second-order valence-corrected chi connectivity index (χ2v) is 5.05. The van der Waals surface area contributed by atoms with Gasteiger partial charge >= 0.3 is 0 Å². The van der Waals surface area contributed by atoms with Crippen molar-refractivity contribution < 1.29 is 9.47 Å². The van der Waals surface area contributed by atoms with Crippen molar-refractivity contribution in [2.45, 2.75) is 38.8 Å². The molecular weight excluding hydrogens is 256 g/mol. The highest BCUT2D eigenvalue weighted by Crippen LogP contribution is 2.25. The van der Waals surface area contributed by atoms with Crippen LogP contribution in [0.1, 0.15) is 25.5 Å². The Morgan fingerprint density at radius 3 is 2.90 bits per heavy atom. The number of anilines is 1. The molecule has 20 heavy (non-hydrogen) atoms. The molecule has 0 bridgehead atoms. The van der Waals surface area contributed by atoms with Crippen LogP contribution in [0.5, 0.6) is 5.88 Å². The SMILES string of the molecule is CCOc1cc(C)nc(N2CCC(OC)CC2CN)n1. The molecule has 6 nitrogen and oxygen atoms in total. The minimum Gasteiger partial charge on any atom is -0.478 e. The Bertz CT molecular complexity index is 441. The molecule has 0 amide bonds. The minimum atomic E-state index is 0.213. The normalized spacial score (nSPS) is 22.9. The van der Waals surface area contributed by atoms with Crippen molar-refractivity contribution in [3.05, 3.63) is 11.8 Å². The molecule has 112 valence electrons. The van der Waals surface area contributed by atoms with Gasteiger partial charge in [-0.3, -0.25) is 0 Å². The summed E-state index contributed by atoms with van der Waals surface area (Å²) in [6, 6.07) is 2.07. The first-order valence-corrected chi connectivity index (χ1v) is 7.15. The zero-order valence-corrected chi connectivity index (χ0v) is 12.5. The molecule has 0 spiro atoms. The molecule has 2 heterocycles. The van der Waals surface area contributed by atoms with Crippen LogP contribution in [-0.4, -0.2) is 48.9 Å². The summed E-state index contributed by atoms with van der Waals surface area (Å²) < 4.78 is 10.9. The zero-order chi connectivity index (χ0) is 14.5. The summed E-state index contributed by atoms with van der Waals surface area (Å²) in [5.41, 5.74) is 6.80. The summed E-state index contributed by atoms with van der Waals surface area (Å²) in [5.74, 6) is 1.33. The second kappa shape index (κ2) is 6.85. The molecular formula is C14H24N4O2. The van der Waals surface area contributed by atoms with Gasteiger partial charge in [-0.1, -0.05) is 0 Å². The van der Waals surface area contributed by atoms with Crippen LogP contribution in [0.15, 0.2) is 6.07 Å². The summed E-state index contributed by atoms with van der Waals surface area (Å²) in [6.07, 6.45) is 2.15. The van der Waals surface area contributed by atoms with Crippen LogP contribution in [-0.2, 0) is 4.74 Å². The number of methoxy groups -OCH3 is 1. The van der Waals surface area contributed by atoms with Gasteiger partial charge in [0.25, 0.3) is 0 Å². The maximum atomic E-state index is 5.90. The lowest BCUT2D eigenvalue weighted by molar-refractivity contribution is 0.0705. The summed E-state index contributed by atoms with van der Waals surface area (Å²) in [4.78, 5) is 11.2. The van der Waals surface area contributed by atoms with Crippen molar-refractivity contribution in [3.63, 3.8) is 0 Å². The Morgan fingerprint density at radius 2 is 2.25 bits per heavy atom. The van der Waals surface area contributed by atoms with E-state index in [1.807, 2.05) is 19.9 Å². The Morgan fingerprint density at radius 1 is 1.45 bits per heavy atom. The van der Waals surface area contributed by atoms with Crippen LogP contribution < -0.4 is 15.4 Å². The second-order valence-electron chi connectivity index (χ2n) is 5.05. The number of piperidine rings is 1. The summed E-state index contributed by atoms with van der Waals surface area (Å²) in [6.45, 7) is 5.93. The van der Waals surface area contributed by atoms with Gasteiger partial charge in [-0.05, 0) is 26.7 Å². The van der Waals surface area contributed by atoms with Gasteiger partial charge in [0.15, 0.2) is 0 Å². The van der Waals surface area contributed by atoms with Gasteiger partial charge < -0.3 is 20.1 Å². The lowest BCUT2D eigenvalue weighted by Crippen LogP contribution is -2.49. The Kier molecular flexibility index (Phi) is 5.14. The van der Waals surface area contributed by atoms with Crippen molar-refractivity contribution in [2.75, 3.05) is 31.7 Å². The highest BCUT2D eigenvalue weighted by atomic mass is 16.5. The molecule has 0 saturated carbocycles. The van der Waals surface area contributed by atoms with Crippen LogP contribution in [0.3, 0.4) is 0 Å². The van der Waals surface area contributed by atoms with Crippen molar-refractivity contribution in [3.8, 4) is 5.88 Å². The van der Waals surface area contributed by atoms with E-state index in [-0.39, 0.29) is 12.1 Å². The Balaban J connectivity index is 2.21. The molecule has 2 atom stereocenters. The van der Waals surface area contributed by atoms with Crippen LogP contribution in [0.2, 0.25) is 0 Å². The molecule has 0 aliphatic carbocycles. The monoisotopic (exact) mass is 280 g/mol. The van der Waals surface area contributed by atoms with Gasteiger partial charge in [0.2, 0.25) is 11.8 Å². The first-order chi connectivity index (χ1) is 9.67. The molecule has 2 rings (SSSR count). The molecule has 2 unspecified atom stereocenters.